The summed E-state index contributed by atoms with van der Waals surface area (Å²) in [4.78, 5) is 19.4. The van der Waals surface area contributed by atoms with Gasteiger partial charge in [-0.3, -0.25) is 4.79 Å². The first-order valence-electron chi connectivity index (χ1n) is 10.4. The SMILES string of the molecule is COCCCS(=O)(=O)NC(=O)c1nc(N(Cc2ccc(F)cc2Cl)c2ccc(C#N)cc2)sc1C. The standard InChI is InChI=1S/C23H22ClFN4O4S2/c1-15-21(22(30)28-35(31,32)11-3-10-33-2)27-23(34-15)29(19-8-4-16(13-26)5-9-19)14-17-6-7-18(25)12-20(17)24/h4-9,12H,3,10-11,14H2,1-2H3,(H,28,30). The molecule has 8 nitrogen and oxygen atoms in total. The Hall–Kier alpha value is -3.04. The van der Waals surface area contributed by atoms with E-state index in [1.807, 2.05) is 4.72 Å². The van der Waals surface area contributed by atoms with Crippen molar-refractivity contribution in [2.45, 2.75) is 19.9 Å². The van der Waals surface area contributed by atoms with Crippen LogP contribution in [0.5, 0.6) is 0 Å². The third kappa shape index (κ3) is 6.99. The van der Waals surface area contributed by atoms with Crippen LogP contribution < -0.4 is 9.62 Å². The third-order valence-electron chi connectivity index (χ3n) is 4.89. The lowest BCUT2D eigenvalue weighted by Crippen LogP contribution is -2.33. The molecule has 0 radical (unpaired) electrons. The monoisotopic (exact) mass is 536 g/mol. The lowest BCUT2D eigenvalue weighted by Gasteiger charge is -2.23. The van der Waals surface area contributed by atoms with Gasteiger partial charge in [0.05, 0.1) is 23.9 Å². The molecule has 0 saturated heterocycles. The van der Waals surface area contributed by atoms with Crippen LogP contribution in [-0.4, -0.2) is 38.8 Å². The Balaban J connectivity index is 1.94. The number of carbonyl (C=O) groups is 1. The molecular formula is C23H22ClFN4O4S2. The minimum absolute atomic E-state index is 0.0239. The Kier molecular flexibility index (Phi) is 8.80. The zero-order chi connectivity index (χ0) is 25.6. The fourth-order valence-corrected chi connectivity index (χ4v) is 5.28. The second kappa shape index (κ2) is 11.6. The molecule has 0 aliphatic carbocycles. The summed E-state index contributed by atoms with van der Waals surface area (Å²) in [6.07, 6.45) is 0.241. The second-order valence-corrected chi connectivity index (χ2v) is 10.9. The number of halogens is 2. The number of carbonyl (C=O) groups excluding carboxylic acids is 1. The van der Waals surface area contributed by atoms with Crippen molar-refractivity contribution in [3.8, 4) is 6.07 Å². The highest BCUT2D eigenvalue weighted by atomic mass is 35.5. The molecule has 1 heterocycles. The van der Waals surface area contributed by atoms with E-state index >= 15 is 0 Å². The molecule has 0 spiro atoms. The van der Waals surface area contributed by atoms with Gasteiger partial charge in [0, 0.05) is 29.3 Å². The van der Waals surface area contributed by atoms with Crippen molar-refractivity contribution in [3.05, 3.63) is 75.0 Å². The number of methoxy groups -OCH3 is 1. The van der Waals surface area contributed by atoms with Gasteiger partial charge in [0.15, 0.2) is 5.13 Å². The van der Waals surface area contributed by atoms with Crippen LogP contribution in [0.3, 0.4) is 0 Å². The normalized spacial score (nSPS) is 11.2. The number of nitrogens with one attached hydrogen (secondary N) is 1. The van der Waals surface area contributed by atoms with Gasteiger partial charge in [0.1, 0.15) is 11.5 Å². The minimum Gasteiger partial charge on any atom is -0.385 e. The number of hydrogen-bond donors (Lipinski definition) is 1. The van der Waals surface area contributed by atoms with Gasteiger partial charge in [-0.1, -0.05) is 17.7 Å². The van der Waals surface area contributed by atoms with Crippen LogP contribution in [0.1, 0.15) is 32.9 Å². The molecule has 184 valence electrons. The summed E-state index contributed by atoms with van der Waals surface area (Å²) in [5, 5.41) is 9.73. The molecule has 35 heavy (non-hydrogen) atoms. The van der Waals surface area contributed by atoms with Crippen LogP contribution in [0.2, 0.25) is 5.02 Å². The number of ether oxygens (including phenoxy) is 1. The zero-order valence-electron chi connectivity index (χ0n) is 18.9. The van der Waals surface area contributed by atoms with E-state index in [0.29, 0.717) is 26.8 Å². The second-order valence-electron chi connectivity index (χ2n) is 7.48. The highest BCUT2D eigenvalue weighted by molar-refractivity contribution is 7.90. The minimum atomic E-state index is -3.86. The van der Waals surface area contributed by atoms with Crippen LogP contribution in [0.4, 0.5) is 15.2 Å². The number of aromatic nitrogens is 1. The highest BCUT2D eigenvalue weighted by Gasteiger charge is 2.24. The number of hydrogen-bond acceptors (Lipinski definition) is 8. The number of rotatable bonds is 10. The van der Waals surface area contributed by atoms with Gasteiger partial charge in [-0.15, -0.1) is 11.3 Å². The summed E-state index contributed by atoms with van der Waals surface area (Å²) in [6, 6.07) is 12.8. The number of sulfonamides is 1. The summed E-state index contributed by atoms with van der Waals surface area (Å²) >= 11 is 7.43. The van der Waals surface area contributed by atoms with Crippen molar-refractivity contribution in [1.82, 2.24) is 9.71 Å². The van der Waals surface area contributed by atoms with Crippen LogP contribution in [0.15, 0.2) is 42.5 Å². The number of nitrogens with zero attached hydrogens (tertiary/aromatic N) is 3. The highest BCUT2D eigenvalue weighted by Crippen LogP contribution is 2.34. The molecule has 2 aromatic carbocycles. The van der Waals surface area contributed by atoms with Crippen LogP contribution in [-0.2, 0) is 21.3 Å². The van der Waals surface area contributed by atoms with Gasteiger partial charge in [-0.05, 0) is 55.3 Å². The van der Waals surface area contributed by atoms with Crippen molar-refractivity contribution in [2.75, 3.05) is 24.4 Å². The third-order valence-corrected chi connectivity index (χ3v) is 7.56. The quantitative estimate of drug-likeness (QED) is 0.378. The van der Waals surface area contributed by atoms with E-state index in [9.17, 15) is 17.6 Å². The smallest absolute Gasteiger partial charge is 0.284 e. The number of anilines is 2. The number of benzene rings is 2. The van der Waals surface area contributed by atoms with Crippen molar-refractivity contribution in [3.63, 3.8) is 0 Å². The molecule has 12 heteroatoms. The Bertz CT molecular complexity index is 1350. The molecule has 1 amide bonds. The molecule has 3 rings (SSSR count). The van der Waals surface area contributed by atoms with Crippen molar-refractivity contribution in [1.29, 1.82) is 5.26 Å². The Morgan fingerprint density at radius 2 is 2.00 bits per heavy atom. The van der Waals surface area contributed by atoms with Gasteiger partial charge in [-0.2, -0.15) is 5.26 Å². The number of aryl methyl sites for hydroxylation is 1. The molecule has 0 bridgehead atoms. The van der Waals surface area contributed by atoms with Crippen LogP contribution in [0, 0.1) is 24.1 Å². The van der Waals surface area contributed by atoms with Crippen molar-refractivity contribution < 1.29 is 22.3 Å². The van der Waals surface area contributed by atoms with Gasteiger partial charge >= 0.3 is 0 Å². The maximum Gasteiger partial charge on any atom is 0.284 e. The Labute approximate surface area is 212 Å². The summed E-state index contributed by atoms with van der Waals surface area (Å²) in [5.41, 5.74) is 1.70. The molecule has 0 fully saturated rings. The molecule has 3 aromatic rings. The first kappa shape index (κ1) is 26.6. The summed E-state index contributed by atoms with van der Waals surface area (Å²) in [6.45, 7) is 2.10. The largest absolute Gasteiger partial charge is 0.385 e. The lowest BCUT2D eigenvalue weighted by molar-refractivity contribution is 0.0976. The molecule has 0 unspecified atom stereocenters. The van der Waals surface area contributed by atoms with Crippen molar-refractivity contribution >= 4 is 49.7 Å². The van der Waals surface area contributed by atoms with E-state index in [-0.39, 0.29) is 36.0 Å². The van der Waals surface area contributed by atoms with Crippen LogP contribution >= 0.6 is 22.9 Å². The molecule has 0 aliphatic rings. The average Bonchev–Trinajstić information content (AvgIpc) is 3.20. The molecule has 1 N–H and O–H groups in total. The number of amides is 1. The Morgan fingerprint density at radius 3 is 2.63 bits per heavy atom. The molecule has 0 saturated carbocycles. The predicted molar refractivity (Wildman–Crippen MR) is 133 cm³/mol. The Morgan fingerprint density at radius 1 is 1.29 bits per heavy atom. The van der Waals surface area contributed by atoms with E-state index in [1.165, 1.54) is 30.6 Å². The summed E-state index contributed by atoms with van der Waals surface area (Å²) in [5.74, 6) is -1.57. The summed E-state index contributed by atoms with van der Waals surface area (Å²) < 4.78 is 44.9. The first-order valence-corrected chi connectivity index (χ1v) is 13.2. The van der Waals surface area contributed by atoms with Gasteiger partial charge in [0.2, 0.25) is 10.0 Å². The van der Waals surface area contributed by atoms with E-state index in [2.05, 4.69) is 11.1 Å². The lowest BCUT2D eigenvalue weighted by atomic mass is 10.1. The van der Waals surface area contributed by atoms with Gasteiger partial charge in [-0.25, -0.2) is 22.5 Å². The molecule has 0 aliphatic heterocycles. The van der Waals surface area contributed by atoms with Crippen molar-refractivity contribution in [2.24, 2.45) is 0 Å². The van der Waals surface area contributed by atoms with E-state index < -0.39 is 21.7 Å². The number of nitriles is 1. The maximum atomic E-state index is 13.6. The van der Waals surface area contributed by atoms with Gasteiger partial charge < -0.3 is 9.64 Å². The number of thiazole rings is 1. The van der Waals surface area contributed by atoms with E-state index in [4.69, 9.17) is 21.6 Å². The van der Waals surface area contributed by atoms with Crippen LogP contribution in [0.25, 0.3) is 0 Å². The van der Waals surface area contributed by atoms with E-state index in [0.717, 1.165) is 0 Å². The fourth-order valence-electron chi connectivity index (χ4n) is 3.15. The van der Waals surface area contributed by atoms with Gasteiger partial charge in [0.25, 0.3) is 5.91 Å². The summed E-state index contributed by atoms with van der Waals surface area (Å²) in [7, 11) is -2.40. The first-order chi connectivity index (χ1) is 16.6. The molecule has 1 aromatic heterocycles. The molecular weight excluding hydrogens is 515 g/mol. The molecule has 0 atom stereocenters. The predicted octanol–water partition coefficient (Wildman–Crippen LogP) is 4.55. The topological polar surface area (TPSA) is 112 Å². The fraction of sp³-hybridized carbons (Fsp3) is 0.261. The van der Waals surface area contributed by atoms with E-state index in [1.54, 1.807) is 42.2 Å². The average molecular weight is 537 g/mol. The maximum absolute atomic E-state index is 13.6. The zero-order valence-corrected chi connectivity index (χ0v) is 21.3.